The monoisotopic (exact) mass is 320 g/mol. The summed E-state index contributed by atoms with van der Waals surface area (Å²) in [6.07, 6.45) is -0.380. The van der Waals surface area contributed by atoms with Gasteiger partial charge in [0, 0.05) is 19.6 Å². The Morgan fingerprint density at radius 1 is 1.38 bits per heavy atom. The van der Waals surface area contributed by atoms with Gasteiger partial charge in [0.2, 0.25) is 16.0 Å². The van der Waals surface area contributed by atoms with Crippen molar-refractivity contribution in [3.05, 3.63) is 0 Å². The van der Waals surface area contributed by atoms with Gasteiger partial charge in [-0.2, -0.15) is 0 Å². The van der Waals surface area contributed by atoms with E-state index >= 15 is 0 Å². The van der Waals surface area contributed by atoms with E-state index in [1.807, 2.05) is 6.92 Å². The first kappa shape index (κ1) is 17.8. The fraction of sp³-hybridized carbons (Fsp3) is 0.818. The van der Waals surface area contributed by atoms with Crippen molar-refractivity contribution in [3.8, 4) is 0 Å². The van der Waals surface area contributed by atoms with Crippen LogP contribution in [0.25, 0.3) is 0 Å². The Hall–Kier alpha value is -1.23. The molecule has 0 saturated heterocycles. The van der Waals surface area contributed by atoms with Gasteiger partial charge in [-0.25, -0.2) is 23.1 Å². The van der Waals surface area contributed by atoms with Crippen LogP contribution in [0.3, 0.4) is 0 Å². The number of aliphatic hydroxyl groups is 1. The van der Waals surface area contributed by atoms with Crippen LogP contribution >= 0.6 is 0 Å². The molecular formula is C11H24N6O3S. The largest absolute Gasteiger partial charge is 0.395 e. The van der Waals surface area contributed by atoms with Gasteiger partial charge < -0.3 is 15.3 Å². The Morgan fingerprint density at radius 3 is 2.67 bits per heavy atom. The van der Waals surface area contributed by atoms with E-state index in [-0.39, 0.29) is 25.2 Å². The third kappa shape index (κ3) is 5.96. The van der Waals surface area contributed by atoms with Gasteiger partial charge in [0.1, 0.15) is 5.84 Å². The molecule has 0 aromatic heterocycles. The van der Waals surface area contributed by atoms with E-state index in [4.69, 9.17) is 5.11 Å². The van der Waals surface area contributed by atoms with Crippen molar-refractivity contribution < 1.29 is 13.5 Å². The van der Waals surface area contributed by atoms with Crippen molar-refractivity contribution >= 4 is 21.8 Å². The molecule has 1 unspecified atom stereocenters. The van der Waals surface area contributed by atoms with Crippen molar-refractivity contribution in [1.29, 1.82) is 0 Å². The molecule has 1 aliphatic rings. The van der Waals surface area contributed by atoms with Gasteiger partial charge in [-0.15, -0.1) is 0 Å². The average molecular weight is 320 g/mol. The number of nitrogens with zero attached hydrogens (tertiary/aromatic N) is 3. The minimum absolute atomic E-state index is 0.0415. The van der Waals surface area contributed by atoms with Crippen molar-refractivity contribution in [3.63, 3.8) is 0 Å². The Labute approximate surface area is 125 Å². The van der Waals surface area contributed by atoms with E-state index < -0.39 is 10.0 Å². The molecule has 10 heteroatoms. The van der Waals surface area contributed by atoms with Crippen LogP contribution in [0.5, 0.6) is 0 Å². The smallest absolute Gasteiger partial charge is 0.211 e. The average Bonchev–Trinajstić information content (AvgIpc) is 2.45. The summed E-state index contributed by atoms with van der Waals surface area (Å²) in [6.45, 7) is 4.34. The number of amidine groups is 1. The zero-order valence-corrected chi connectivity index (χ0v) is 13.4. The van der Waals surface area contributed by atoms with Crippen LogP contribution in [-0.4, -0.2) is 75.6 Å². The molecule has 9 nitrogen and oxygen atoms in total. The first-order chi connectivity index (χ1) is 9.91. The number of nitrogens with one attached hydrogen (secondary N) is 3. The van der Waals surface area contributed by atoms with Crippen LogP contribution in [0.1, 0.15) is 13.8 Å². The Morgan fingerprint density at radius 2 is 2.10 bits per heavy atom. The second-order valence-corrected chi connectivity index (χ2v) is 6.56. The maximum absolute atomic E-state index is 11.4. The summed E-state index contributed by atoms with van der Waals surface area (Å²) < 4.78 is 25.3. The van der Waals surface area contributed by atoms with Gasteiger partial charge in [-0.1, -0.05) is 0 Å². The van der Waals surface area contributed by atoms with E-state index in [1.54, 1.807) is 18.9 Å². The zero-order chi connectivity index (χ0) is 15.9. The fourth-order valence-electron chi connectivity index (χ4n) is 1.73. The zero-order valence-electron chi connectivity index (χ0n) is 12.6. The lowest BCUT2D eigenvalue weighted by molar-refractivity contribution is 0.247. The number of sulfonamides is 1. The van der Waals surface area contributed by atoms with Gasteiger partial charge in [0.05, 0.1) is 12.4 Å². The molecule has 0 amide bonds. The second kappa shape index (κ2) is 8.27. The molecule has 0 aromatic rings. The minimum Gasteiger partial charge on any atom is -0.395 e. The molecule has 0 saturated carbocycles. The molecule has 0 fully saturated rings. The molecule has 4 N–H and O–H groups in total. The van der Waals surface area contributed by atoms with Crippen molar-refractivity contribution in [2.24, 2.45) is 9.98 Å². The van der Waals surface area contributed by atoms with Crippen LogP contribution in [0.4, 0.5) is 0 Å². The topological polar surface area (TPSA) is 118 Å². The van der Waals surface area contributed by atoms with E-state index in [9.17, 15) is 8.42 Å². The maximum Gasteiger partial charge on any atom is 0.211 e. The van der Waals surface area contributed by atoms with Crippen molar-refractivity contribution in [2.45, 2.75) is 20.1 Å². The predicted octanol–water partition coefficient (Wildman–Crippen LogP) is -1.90. The number of hydrogen-bond acceptors (Lipinski definition) is 8. The molecule has 1 aliphatic heterocycles. The molecule has 0 radical (unpaired) electrons. The van der Waals surface area contributed by atoms with Gasteiger partial charge in [0.15, 0.2) is 6.29 Å². The predicted molar refractivity (Wildman–Crippen MR) is 82.6 cm³/mol. The Kier molecular flexibility index (Phi) is 7.02. The molecule has 0 aliphatic carbocycles. The third-order valence-electron chi connectivity index (χ3n) is 2.86. The first-order valence-electron chi connectivity index (χ1n) is 6.81. The highest BCUT2D eigenvalue weighted by atomic mass is 32.2. The number of hydrogen-bond donors (Lipinski definition) is 4. The second-order valence-electron chi connectivity index (χ2n) is 4.46. The number of aliphatic hydroxyl groups excluding tert-OH is 1. The SMILES string of the molecule is CCS(=O)(=O)NCCN(CCO)C1=NC(NC)N=C(C)N1. The molecule has 122 valence electrons. The van der Waals surface area contributed by atoms with E-state index in [0.29, 0.717) is 24.9 Å². The van der Waals surface area contributed by atoms with Gasteiger partial charge in [0.25, 0.3) is 0 Å². The number of guanidine groups is 1. The molecule has 1 atom stereocenters. The Bertz CT molecular complexity index is 490. The summed E-state index contributed by atoms with van der Waals surface area (Å²) in [4.78, 5) is 10.4. The molecule has 0 spiro atoms. The van der Waals surface area contributed by atoms with Crippen molar-refractivity contribution in [1.82, 2.24) is 20.3 Å². The number of rotatable bonds is 8. The summed E-state index contributed by atoms with van der Waals surface area (Å²) in [5.41, 5.74) is 0. The highest BCUT2D eigenvalue weighted by Crippen LogP contribution is 2.00. The lowest BCUT2D eigenvalue weighted by atomic mass is 10.4. The highest BCUT2D eigenvalue weighted by molar-refractivity contribution is 7.89. The standard InChI is InChI=1S/C11H24N6O3S/c1-4-21(19,20)13-5-6-17(7-8-18)11-15-9(2)14-10(12-3)16-11/h10,12-13,18H,4-8H2,1-3H3,(H,14,15,16). The lowest BCUT2D eigenvalue weighted by Gasteiger charge is -2.29. The summed E-state index contributed by atoms with van der Waals surface area (Å²) in [7, 11) is -1.47. The van der Waals surface area contributed by atoms with E-state index in [1.165, 1.54) is 0 Å². The molecule has 1 heterocycles. The van der Waals surface area contributed by atoms with Crippen LogP contribution in [0, 0.1) is 0 Å². The normalized spacial score (nSPS) is 18.8. The van der Waals surface area contributed by atoms with Crippen LogP contribution in [0.2, 0.25) is 0 Å². The number of aliphatic imine (C=N–C) groups is 2. The fourth-order valence-corrected chi connectivity index (χ4v) is 2.33. The van der Waals surface area contributed by atoms with Gasteiger partial charge >= 0.3 is 0 Å². The quantitative estimate of drug-likeness (QED) is 0.415. The summed E-state index contributed by atoms with van der Waals surface area (Å²) in [5.74, 6) is 1.31. The highest BCUT2D eigenvalue weighted by Gasteiger charge is 2.18. The lowest BCUT2D eigenvalue weighted by Crippen LogP contribution is -2.51. The minimum atomic E-state index is -3.22. The molecule has 0 bridgehead atoms. The first-order valence-corrected chi connectivity index (χ1v) is 8.46. The van der Waals surface area contributed by atoms with E-state index in [2.05, 4.69) is 25.3 Å². The third-order valence-corrected chi connectivity index (χ3v) is 4.27. The summed E-state index contributed by atoms with van der Waals surface area (Å²) in [5, 5.41) is 15.1. The Balaban J connectivity index is 2.67. The molecule has 21 heavy (non-hydrogen) atoms. The molecule has 1 rings (SSSR count). The van der Waals surface area contributed by atoms with E-state index in [0.717, 1.165) is 0 Å². The van der Waals surface area contributed by atoms with Gasteiger partial charge in [-0.05, 0) is 20.9 Å². The van der Waals surface area contributed by atoms with Crippen LogP contribution in [0.15, 0.2) is 9.98 Å². The summed E-state index contributed by atoms with van der Waals surface area (Å²) in [6, 6.07) is 0. The maximum atomic E-state index is 11.4. The van der Waals surface area contributed by atoms with Crippen LogP contribution < -0.4 is 15.4 Å². The van der Waals surface area contributed by atoms with Crippen molar-refractivity contribution in [2.75, 3.05) is 39.0 Å². The molecule has 0 aromatic carbocycles. The van der Waals surface area contributed by atoms with Gasteiger partial charge in [-0.3, -0.25) is 5.32 Å². The van der Waals surface area contributed by atoms with Crippen LogP contribution in [-0.2, 0) is 10.0 Å². The summed E-state index contributed by atoms with van der Waals surface area (Å²) >= 11 is 0. The molecular weight excluding hydrogens is 296 g/mol.